The van der Waals surface area contributed by atoms with E-state index in [4.69, 9.17) is 5.14 Å². The molecule has 2 heterocycles. The Kier molecular flexibility index (Phi) is 5.80. The number of aryl methyl sites for hydroxylation is 1. The Labute approximate surface area is 171 Å². The van der Waals surface area contributed by atoms with Gasteiger partial charge in [-0.05, 0) is 36.1 Å². The lowest BCUT2D eigenvalue weighted by atomic mass is 10.1. The van der Waals surface area contributed by atoms with Crippen molar-refractivity contribution in [3.05, 3.63) is 72.1 Å². The van der Waals surface area contributed by atoms with Crippen LogP contribution in [0.15, 0.2) is 60.9 Å². The van der Waals surface area contributed by atoms with Gasteiger partial charge in [0.05, 0.1) is 5.75 Å². The van der Waals surface area contributed by atoms with E-state index in [1.807, 2.05) is 24.5 Å². The maximum atomic E-state index is 11.2. The predicted octanol–water partition coefficient (Wildman–Crippen LogP) is 2.75. The molecule has 1 aromatic heterocycles. The van der Waals surface area contributed by atoms with Crippen LogP contribution in [0.5, 0.6) is 0 Å². The van der Waals surface area contributed by atoms with Crippen molar-refractivity contribution in [1.29, 1.82) is 0 Å². The smallest absolute Gasteiger partial charge is 0.209 e. The Morgan fingerprint density at radius 3 is 2.83 bits per heavy atom. The van der Waals surface area contributed by atoms with Crippen LogP contribution in [-0.4, -0.2) is 43.2 Å². The lowest BCUT2D eigenvalue weighted by Crippen LogP contribution is -2.26. The van der Waals surface area contributed by atoms with Gasteiger partial charge in [-0.1, -0.05) is 36.4 Å². The second-order valence-corrected chi connectivity index (χ2v) is 9.44. The fourth-order valence-corrected chi connectivity index (χ4v) is 4.48. The van der Waals surface area contributed by atoms with E-state index < -0.39 is 10.0 Å². The van der Waals surface area contributed by atoms with E-state index in [2.05, 4.69) is 51.6 Å². The standard InChI is InChI=1S/C22H26N4O2S/c23-29(27,28)12-9-17-3-1-4-18(13-17)15-26-11-8-20(16-26)25-22-6-2-5-19-14-24-10-7-21(19)22/h1-7,10,13-14,20,25H,8-9,11-12,15-16H2,(H2,23,27,28). The number of nitrogens with zero attached hydrogens (tertiary/aromatic N) is 2. The van der Waals surface area contributed by atoms with Crippen molar-refractivity contribution in [2.75, 3.05) is 24.2 Å². The highest BCUT2D eigenvalue weighted by atomic mass is 32.2. The fraction of sp³-hybridized carbons (Fsp3) is 0.318. The molecule has 0 radical (unpaired) electrons. The molecule has 7 heteroatoms. The van der Waals surface area contributed by atoms with Crippen molar-refractivity contribution in [3.63, 3.8) is 0 Å². The molecule has 0 aliphatic carbocycles. The van der Waals surface area contributed by atoms with Crippen LogP contribution in [0.3, 0.4) is 0 Å². The lowest BCUT2D eigenvalue weighted by molar-refractivity contribution is 0.328. The summed E-state index contributed by atoms with van der Waals surface area (Å²) in [5.41, 5.74) is 3.37. The van der Waals surface area contributed by atoms with Gasteiger partial charge in [0.25, 0.3) is 0 Å². The molecule has 1 aliphatic rings. The largest absolute Gasteiger partial charge is 0.380 e. The molecule has 1 atom stereocenters. The van der Waals surface area contributed by atoms with Gasteiger partial charge in [0.15, 0.2) is 0 Å². The number of rotatable bonds is 7. The molecule has 152 valence electrons. The highest BCUT2D eigenvalue weighted by Crippen LogP contribution is 2.25. The van der Waals surface area contributed by atoms with Crippen molar-refractivity contribution in [2.45, 2.75) is 25.4 Å². The molecule has 1 unspecified atom stereocenters. The molecule has 2 aromatic carbocycles. The van der Waals surface area contributed by atoms with Crippen LogP contribution in [0, 0.1) is 0 Å². The first-order valence-corrected chi connectivity index (χ1v) is 11.6. The number of primary sulfonamides is 1. The minimum absolute atomic E-state index is 0.0211. The van der Waals surface area contributed by atoms with Gasteiger partial charge in [-0.15, -0.1) is 0 Å². The number of likely N-dealkylation sites (tertiary alicyclic amines) is 1. The zero-order valence-electron chi connectivity index (χ0n) is 16.3. The quantitative estimate of drug-likeness (QED) is 0.625. The van der Waals surface area contributed by atoms with E-state index in [1.165, 1.54) is 10.9 Å². The summed E-state index contributed by atoms with van der Waals surface area (Å²) < 4.78 is 22.4. The highest BCUT2D eigenvalue weighted by Gasteiger charge is 2.22. The molecule has 1 aliphatic heterocycles. The van der Waals surface area contributed by atoms with Gasteiger partial charge in [0.1, 0.15) is 0 Å². The second-order valence-electron chi connectivity index (χ2n) is 7.70. The number of hydrogen-bond acceptors (Lipinski definition) is 5. The summed E-state index contributed by atoms with van der Waals surface area (Å²) in [7, 11) is -3.43. The third-order valence-corrected chi connectivity index (χ3v) is 6.16. The van der Waals surface area contributed by atoms with E-state index in [1.54, 1.807) is 0 Å². The summed E-state index contributed by atoms with van der Waals surface area (Å²) in [6, 6.07) is 16.9. The minimum Gasteiger partial charge on any atom is -0.380 e. The number of fused-ring (bicyclic) bond motifs is 1. The van der Waals surface area contributed by atoms with Crippen LogP contribution in [0.1, 0.15) is 17.5 Å². The van der Waals surface area contributed by atoms with E-state index in [0.29, 0.717) is 12.5 Å². The lowest BCUT2D eigenvalue weighted by Gasteiger charge is -2.18. The number of hydrogen-bond donors (Lipinski definition) is 2. The fourth-order valence-electron chi connectivity index (χ4n) is 3.96. The summed E-state index contributed by atoms with van der Waals surface area (Å²) >= 11 is 0. The van der Waals surface area contributed by atoms with Crippen LogP contribution >= 0.6 is 0 Å². The highest BCUT2D eigenvalue weighted by molar-refractivity contribution is 7.89. The number of nitrogens with two attached hydrogens (primary N) is 1. The third kappa shape index (κ3) is 5.32. The molecule has 3 N–H and O–H groups in total. The average molecular weight is 411 g/mol. The topological polar surface area (TPSA) is 88.3 Å². The van der Waals surface area contributed by atoms with Gasteiger partial charge >= 0.3 is 0 Å². The van der Waals surface area contributed by atoms with Crippen molar-refractivity contribution in [3.8, 4) is 0 Å². The summed E-state index contributed by atoms with van der Waals surface area (Å²) in [6.45, 7) is 2.87. The Morgan fingerprint density at radius 2 is 1.97 bits per heavy atom. The van der Waals surface area contributed by atoms with E-state index in [9.17, 15) is 8.42 Å². The maximum Gasteiger partial charge on any atom is 0.209 e. The van der Waals surface area contributed by atoms with Gasteiger partial charge in [-0.3, -0.25) is 9.88 Å². The Hall–Kier alpha value is -2.48. The van der Waals surface area contributed by atoms with Crippen molar-refractivity contribution in [2.24, 2.45) is 5.14 Å². The third-order valence-electron chi connectivity index (χ3n) is 5.39. The normalized spacial score (nSPS) is 17.6. The van der Waals surface area contributed by atoms with E-state index in [0.717, 1.165) is 42.7 Å². The summed E-state index contributed by atoms with van der Waals surface area (Å²) in [6.07, 6.45) is 5.26. The van der Waals surface area contributed by atoms with Crippen LogP contribution in [-0.2, 0) is 23.0 Å². The van der Waals surface area contributed by atoms with Crippen molar-refractivity contribution < 1.29 is 8.42 Å². The van der Waals surface area contributed by atoms with Gasteiger partial charge in [-0.25, -0.2) is 13.6 Å². The molecule has 3 aromatic rings. The molecule has 0 saturated carbocycles. The first-order valence-electron chi connectivity index (χ1n) is 9.86. The number of sulfonamides is 1. The zero-order chi connectivity index (χ0) is 20.3. The van der Waals surface area contributed by atoms with Crippen LogP contribution < -0.4 is 10.5 Å². The Balaban J connectivity index is 1.37. The SMILES string of the molecule is NS(=O)(=O)CCc1cccc(CN2CCC(Nc3cccc4cnccc34)C2)c1. The molecule has 4 rings (SSSR count). The first kappa shape index (κ1) is 19.8. The molecule has 1 fully saturated rings. The van der Waals surface area contributed by atoms with Gasteiger partial charge in [0, 0.05) is 54.5 Å². The first-order chi connectivity index (χ1) is 14.0. The molecule has 0 bridgehead atoms. The van der Waals surface area contributed by atoms with Crippen molar-refractivity contribution >= 4 is 26.5 Å². The number of pyridine rings is 1. The van der Waals surface area contributed by atoms with E-state index >= 15 is 0 Å². The number of anilines is 1. The summed E-state index contributed by atoms with van der Waals surface area (Å²) in [5, 5.41) is 11.2. The average Bonchev–Trinajstić information content (AvgIpc) is 3.13. The van der Waals surface area contributed by atoms with Gasteiger partial charge in [0.2, 0.25) is 10.0 Å². The van der Waals surface area contributed by atoms with Crippen LogP contribution in [0.4, 0.5) is 5.69 Å². The molecule has 0 spiro atoms. The zero-order valence-corrected chi connectivity index (χ0v) is 17.1. The van der Waals surface area contributed by atoms with Crippen molar-refractivity contribution in [1.82, 2.24) is 9.88 Å². The number of benzene rings is 2. The number of aromatic nitrogens is 1. The van der Waals surface area contributed by atoms with Gasteiger partial charge < -0.3 is 5.32 Å². The molecule has 6 nitrogen and oxygen atoms in total. The number of nitrogens with one attached hydrogen (secondary N) is 1. The van der Waals surface area contributed by atoms with Gasteiger partial charge in [-0.2, -0.15) is 0 Å². The molecular weight excluding hydrogens is 384 g/mol. The Morgan fingerprint density at radius 1 is 1.14 bits per heavy atom. The molecule has 0 amide bonds. The molecule has 29 heavy (non-hydrogen) atoms. The summed E-state index contributed by atoms with van der Waals surface area (Å²) in [4.78, 5) is 6.64. The Bertz CT molecular complexity index is 1100. The van der Waals surface area contributed by atoms with Crippen LogP contribution in [0.25, 0.3) is 10.8 Å². The second kappa shape index (κ2) is 8.49. The molecular formula is C22H26N4O2S. The van der Waals surface area contributed by atoms with E-state index in [-0.39, 0.29) is 5.75 Å². The maximum absolute atomic E-state index is 11.2. The monoisotopic (exact) mass is 410 g/mol. The molecule has 1 saturated heterocycles. The predicted molar refractivity (Wildman–Crippen MR) is 117 cm³/mol. The minimum atomic E-state index is -3.43. The van der Waals surface area contributed by atoms with Crippen LogP contribution in [0.2, 0.25) is 0 Å². The summed E-state index contributed by atoms with van der Waals surface area (Å²) in [5.74, 6) is -0.0211.